The van der Waals surface area contributed by atoms with Crippen LogP contribution in [0.5, 0.6) is 0 Å². The van der Waals surface area contributed by atoms with E-state index in [-0.39, 0.29) is 34.9 Å². The summed E-state index contributed by atoms with van der Waals surface area (Å²) >= 11 is 1.05. The van der Waals surface area contributed by atoms with Crippen molar-refractivity contribution in [3.05, 3.63) is 36.0 Å². The number of aromatic nitrogens is 1. The van der Waals surface area contributed by atoms with E-state index >= 15 is 0 Å². The lowest BCUT2D eigenvalue weighted by atomic mass is 9.89. The minimum absolute atomic E-state index is 0.145. The Morgan fingerprint density at radius 2 is 2.00 bits per heavy atom. The number of H-pyrrole nitrogens is 1. The first-order valence-corrected chi connectivity index (χ1v) is 9.49. The van der Waals surface area contributed by atoms with E-state index in [9.17, 15) is 14.4 Å². The van der Waals surface area contributed by atoms with Gasteiger partial charge in [-0.05, 0) is 18.9 Å². The minimum Gasteiger partial charge on any atom is -0.360 e. The van der Waals surface area contributed by atoms with Gasteiger partial charge in [-0.25, -0.2) is 0 Å². The van der Waals surface area contributed by atoms with E-state index < -0.39 is 0 Å². The fourth-order valence-electron chi connectivity index (χ4n) is 3.78. The zero-order valence-electron chi connectivity index (χ0n) is 13.7. The van der Waals surface area contributed by atoms with Crippen molar-refractivity contribution in [3.63, 3.8) is 0 Å². The van der Waals surface area contributed by atoms with Gasteiger partial charge in [-0.1, -0.05) is 42.8 Å². The molecule has 2 aromatic rings. The van der Waals surface area contributed by atoms with Gasteiger partial charge in [0.15, 0.2) is 0 Å². The molecule has 1 aliphatic heterocycles. The number of imide groups is 1. The second-order valence-corrected chi connectivity index (χ2v) is 7.42. The third-order valence-corrected chi connectivity index (χ3v) is 5.83. The van der Waals surface area contributed by atoms with Gasteiger partial charge in [-0.2, -0.15) is 0 Å². The Kier molecular flexibility index (Phi) is 4.25. The molecule has 3 amide bonds. The van der Waals surface area contributed by atoms with Crippen LogP contribution in [0.3, 0.4) is 0 Å². The molecule has 2 atom stereocenters. The van der Waals surface area contributed by atoms with Crippen molar-refractivity contribution >= 4 is 39.7 Å². The van der Waals surface area contributed by atoms with Crippen LogP contribution in [0.2, 0.25) is 0 Å². The van der Waals surface area contributed by atoms with Crippen molar-refractivity contribution in [1.82, 2.24) is 15.2 Å². The second kappa shape index (κ2) is 6.55. The molecular formula is C18H19N3O3S. The Hall–Kier alpha value is -2.28. The lowest BCUT2D eigenvalue weighted by Crippen LogP contribution is -2.54. The van der Waals surface area contributed by atoms with Crippen LogP contribution >= 0.6 is 11.8 Å². The quantitative estimate of drug-likeness (QED) is 0.885. The highest BCUT2D eigenvalue weighted by molar-refractivity contribution is 8.14. The zero-order chi connectivity index (χ0) is 17.4. The van der Waals surface area contributed by atoms with Gasteiger partial charge in [-0.3, -0.25) is 19.3 Å². The first-order chi connectivity index (χ1) is 12.1. The van der Waals surface area contributed by atoms with Gasteiger partial charge in [-0.15, -0.1) is 0 Å². The molecule has 130 valence electrons. The Bertz CT molecular complexity index is 831. The van der Waals surface area contributed by atoms with Gasteiger partial charge in [0, 0.05) is 17.1 Å². The number of fused-ring (bicyclic) bond motifs is 1. The van der Waals surface area contributed by atoms with Crippen molar-refractivity contribution in [3.8, 4) is 0 Å². The Labute approximate surface area is 149 Å². The predicted octanol–water partition coefficient (Wildman–Crippen LogP) is 2.90. The lowest BCUT2D eigenvalue weighted by molar-refractivity contribution is -0.127. The number of hydrogen-bond acceptors (Lipinski definition) is 4. The number of benzene rings is 1. The molecule has 0 radical (unpaired) electrons. The third-order valence-electron chi connectivity index (χ3n) is 5.00. The average Bonchev–Trinajstić information content (AvgIpc) is 3.19. The number of hydrogen-bond donors (Lipinski definition) is 2. The standard InChI is InChI=1S/C18H19N3O3S/c22-16-10-25-18(24)21(16)15-8-4-3-7-14(15)20-17(23)12-9-19-13-6-2-1-5-11(12)13/h1-2,5-6,9,14-15,19H,3-4,7-8,10H2,(H,20,23). The normalized spacial score (nSPS) is 24.1. The molecule has 2 fully saturated rings. The summed E-state index contributed by atoms with van der Waals surface area (Å²) in [4.78, 5) is 41.4. The molecule has 2 N–H and O–H groups in total. The van der Waals surface area contributed by atoms with Crippen LogP contribution in [-0.2, 0) is 4.79 Å². The summed E-state index contributed by atoms with van der Waals surface area (Å²) in [5.41, 5.74) is 1.50. The molecule has 1 aromatic carbocycles. The molecule has 1 saturated carbocycles. The molecule has 2 aliphatic rings. The van der Waals surface area contributed by atoms with Crippen LogP contribution in [0.1, 0.15) is 36.0 Å². The van der Waals surface area contributed by atoms with E-state index in [2.05, 4.69) is 10.3 Å². The molecule has 0 bridgehead atoms. The van der Waals surface area contributed by atoms with Gasteiger partial charge in [0.1, 0.15) is 0 Å². The second-order valence-electron chi connectivity index (χ2n) is 6.50. The van der Waals surface area contributed by atoms with Crippen molar-refractivity contribution in [2.75, 3.05) is 5.75 Å². The topological polar surface area (TPSA) is 82.3 Å². The van der Waals surface area contributed by atoms with Crippen LogP contribution in [0.15, 0.2) is 30.5 Å². The SMILES string of the molecule is O=C(NC1CCCCC1N1C(=O)CSC1=O)c1c[nH]c2ccccc12. The Balaban J connectivity index is 1.56. The van der Waals surface area contributed by atoms with E-state index in [0.29, 0.717) is 5.56 Å². The van der Waals surface area contributed by atoms with Crippen LogP contribution in [0.4, 0.5) is 4.79 Å². The molecular weight excluding hydrogens is 338 g/mol. The molecule has 7 heteroatoms. The monoisotopic (exact) mass is 357 g/mol. The number of rotatable bonds is 3. The van der Waals surface area contributed by atoms with Gasteiger partial charge < -0.3 is 10.3 Å². The summed E-state index contributed by atoms with van der Waals surface area (Å²) in [5.74, 6) is -0.104. The Morgan fingerprint density at radius 1 is 1.20 bits per heavy atom. The molecule has 25 heavy (non-hydrogen) atoms. The van der Waals surface area contributed by atoms with Crippen molar-refractivity contribution in [2.45, 2.75) is 37.8 Å². The van der Waals surface area contributed by atoms with Gasteiger partial charge in [0.25, 0.3) is 11.1 Å². The van der Waals surface area contributed by atoms with Gasteiger partial charge >= 0.3 is 0 Å². The molecule has 1 aromatic heterocycles. The third kappa shape index (κ3) is 2.93. The fourth-order valence-corrected chi connectivity index (χ4v) is 4.54. The highest BCUT2D eigenvalue weighted by atomic mass is 32.2. The smallest absolute Gasteiger partial charge is 0.289 e. The van der Waals surface area contributed by atoms with Crippen LogP contribution < -0.4 is 5.32 Å². The Morgan fingerprint density at radius 3 is 2.80 bits per heavy atom. The summed E-state index contributed by atoms with van der Waals surface area (Å²) in [6.07, 6.45) is 5.18. The van der Waals surface area contributed by atoms with Crippen LogP contribution in [0, 0.1) is 0 Å². The summed E-state index contributed by atoms with van der Waals surface area (Å²) in [7, 11) is 0. The maximum absolute atomic E-state index is 12.8. The molecule has 6 nitrogen and oxygen atoms in total. The summed E-state index contributed by atoms with van der Waals surface area (Å²) in [6, 6.07) is 7.21. The fraction of sp³-hybridized carbons (Fsp3) is 0.389. The van der Waals surface area contributed by atoms with E-state index in [0.717, 1.165) is 48.3 Å². The summed E-state index contributed by atoms with van der Waals surface area (Å²) < 4.78 is 0. The zero-order valence-corrected chi connectivity index (χ0v) is 14.5. The van der Waals surface area contributed by atoms with E-state index in [1.54, 1.807) is 6.20 Å². The summed E-state index contributed by atoms with van der Waals surface area (Å²) in [5, 5.41) is 3.75. The number of nitrogens with zero attached hydrogens (tertiary/aromatic N) is 1. The number of para-hydroxylation sites is 1. The van der Waals surface area contributed by atoms with Gasteiger partial charge in [0.05, 0.1) is 23.4 Å². The predicted molar refractivity (Wildman–Crippen MR) is 96.5 cm³/mol. The molecule has 2 unspecified atom stereocenters. The molecule has 4 rings (SSSR count). The largest absolute Gasteiger partial charge is 0.360 e. The molecule has 0 spiro atoms. The number of carbonyl (C=O) groups is 3. The highest BCUT2D eigenvalue weighted by Crippen LogP contribution is 2.30. The lowest BCUT2D eigenvalue weighted by Gasteiger charge is -2.36. The van der Waals surface area contributed by atoms with Crippen molar-refractivity contribution in [2.24, 2.45) is 0 Å². The van der Waals surface area contributed by atoms with E-state index in [4.69, 9.17) is 0 Å². The van der Waals surface area contributed by atoms with E-state index in [1.807, 2.05) is 24.3 Å². The number of amides is 3. The maximum Gasteiger partial charge on any atom is 0.289 e. The number of thioether (sulfide) groups is 1. The number of nitrogens with one attached hydrogen (secondary N) is 2. The van der Waals surface area contributed by atoms with Crippen molar-refractivity contribution < 1.29 is 14.4 Å². The van der Waals surface area contributed by atoms with Crippen LogP contribution in [-0.4, -0.2) is 44.8 Å². The van der Waals surface area contributed by atoms with Gasteiger partial charge in [0.2, 0.25) is 5.91 Å². The van der Waals surface area contributed by atoms with Crippen molar-refractivity contribution in [1.29, 1.82) is 0 Å². The summed E-state index contributed by atoms with van der Waals surface area (Å²) in [6.45, 7) is 0. The number of carbonyl (C=O) groups excluding carboxylic acids is 3. The van der Waals surface area contributed by atoms with E-state index in [1.165, 1.54) is 4.90 Å². The molecule has 1 saturated heterocycles. The maximum atomic E-state index is 12.8. The molecule has 1 aliphatic carbocycles. The average molecular weight is 357 g/mol. The highest BCUT2D eigenvalue weighted by Gasteiger charge is 2.41. The minimum atomic E-state index is -0.238. The first kappa shape index (κ1) is 16.2. The first-order valence-electron chi connectivity index (χ1n) is 8.51. The molecule has 2 heterocycles. The number of aromatic amines is 1. The van der Waals surface area contributed by atoms with Crippen LogP contribution in [0.25, 0.3) is 10.9 Å².